The van der Waals surface area contributed by atoms with E-state index in [1.165, 1.54) is 7.05 Å². The third-order valence-corrected chi connectivity index (χ3v) is 6.73. The number of guanidine groups is 1. The summed E-state index contributed by atoms with van der Waals surface area (Å²) in [6, 6.07) is 7.91. The summed E-state index contributed by atoms with van der Waals surface area (Å²) in [5.74, 6) is 0.868. The first-order chi connectivity index (χ1) is 11.7. The summed E-state index contributed by atoms with van der Waals surface area (Å²) >= 11 is 0. The van der Waals surface area contributed by atoms with Gasteiger partial charge >= 0.3 is 0 Å². The van der Waals surface area contributed by atoms with Crippen molar-refractivity contribution >= 4 is 16.0 Å². The molecule has 1 aliphatic heterocycles. The van der Waals surface area contributed by atoms with E-state index in [0.29, 0.717) is 0 Å². The monoisotopic (exact) mass is 361 g/mol. The standard InChI is InChI=1S/C18H23N3O3S/c1-18(12-25(22,23)21(2)17(19)20-18)15-8-4-6-13(10-15)14-7-5-9-16(11-14)24-3/h4-5,7-11,13H,6,12H2,1-3H3,(H2,19,20)/t13?,18-/m0/s1. The van der Waals surface area contributed by atoms with Gasteiger partial charge in [0.15, 0.2) is 0 Å². The summed E-state index contributed by atoms with van der Waals surface area (Å²) in [5.41, 5.74) is 6.95. The van der Waals surface area contributed by atoms with Gasteiger partial charge in [-0.1, -0.05) is 30.4 Å². The third-order valence-electron chi connectivity index (χ3n) is 4.78. The van der Waals surface area contributed by atoms with E-state index in [4.69, 9.17) is 10.5 Å². The number of allylic oxidation sites excluding steroid dienone is 2. The van der Waals surface area contributed by atoms with Gasteiger partial charge in [0.2, 0.25) is 16.0 Å². The summed E-state index contributed by atoms with van der Waals surface area (Å²) in [4.78, 5) is 4.47. The van der Waals surface area contributed by atoms with Gasteiger partial charge in [-0.3, -0.25) is 0 Å². The van der Waals surface area contributed by atoms with Crippen LogP contribution < -0.4 is 10.5 Å². The third kappa shape index (κ3) is 3.28. The molecule has 25 heavy (non-hydrogen) atoms. The second kappa shape index (κ2) is 6.22. The van der Waals surface area contributed by atoms with E-state index in [2.05, 4.69) is 17.1 Å². The van der Waals surface area contributed by atoms with Crippen LogP contribution in [-0.2, 0) is 10.0 Å². The fourth-order valence-electron chi connectivity index (χ4n) is 3.24. The first-order valence-electron chi connectivity index (χ1n) is 8.10. The molecule has 7 heteroatoms. The average Bonchev–Trinajstić information content (AvgIpc) is 2.59. The van der Waals surface area contributed by atoms with Crippen molar-refractivity contribution in [2.24, 2.45) is 10.7 Å². The van der Waals surface area contributed by atoms with Crippen LogP contribution in [0.2, 0.25) is 0 Å². The normalized spacial score (nSPS) is 28.3. The van der Waals surface area contributed by atoms with Gasteiger partial charge in [-0.05, 0) is 36.6 Å². The van der Waals surface area contributed by atoms with Crippen molar-refractivity contribution in [2.45, 2.75) is 24.8 Å². The zero-order chi connectivity index (χ0) is 18.2. The van der Waals surface area contributed by atoms with Crippen LogP contribution >= 0.6 is 0 Å². The Morgan fingerprint density at radius 3 is 2.84 bits per heavy atom. The second-order valence-corrected chi connectivity index (χ2v) is 8.61. The smallest absolute Gasteiger partial charge is 0.239 e. The van der Waals surface area contributed by atoms with Crippen molar-refractivity contribution in [3.05, 3.63) is 53.6 Å². The largest absolute Gasteiger partial charge is 0.497 e. The van der Waals surface area contributed by atoms with Crippen LogP contribution in [0.1, 0.15) is 24.8 Å². The molecule has 0 saturated carbocycles. The van der Waals surface area contributed by atoms with E-state index in [1.54, 1.807) is 7.11 Å². The maximum Gasteiger partial charge on any atom is 0.239 e. The highest BCUT2D eigenvalue weighted by molar-refractivity contribution is 7.89. The highest BCUT2D eigenvalue weighted by Gasteiger charge is 2.41. The van der Waals surface area contributed by atoms with Crippen molar-refractivity contribution < 1.29 is 13.2 Å². The molecule has 0 fully saturated rings. The first kappa shape index (κ1) is 17.5. The van der Waals surface area contributed by atoms with E-state index in [9.17, 15) is 8.42 Å². The minimum Gasteiger partial charge on any atom is -0.497 e. The average molecular weight is 361 g/mol. The van der Waals surface area contributed by atoms with E-state index in [1.807, 2.05) is 37.3 Å². The van der Waals surface area contributed by atoms with Crippen LogP contribution in [0.3, 0.4) is 0 Å². The highest BCUT2D eigenvalue weighted by Crippen LogP contribution is 2.36. The lowest BCUT2D eigenvalue weighted by Crippen LogP contribution is -2.52. The zero-order valence-corrected chi connectivity index (χ0v) is 15.5. The van der Waals surface area contributed by atoms with Crippen molar-refractivity contribution in [2.75, 3.05) is 19.9 Å². The molecule has 2 N–H and O–H groups in total. The van der Waals surface area contributed by atoms with Gasteiger partial charge in [-0.15, -0.1) is 0 Å². The Morgan fingerprint density at radius 2 is 2.16 bits per heavy atom. The van der Waals surface area contributed by atoms with Crippen LogP contribution in [-0.4, -0.2) is 44.1 Å². The van der Waals surface area contributed by atoms with Gasteiger partial charge < -0.3 is 10.5 Å². The second-order valence-electron chi connectivity index (χ2n) is 6.61. The molecule has 0 aromatic heterocycles. The maximum atomic E-state index is 12.4. The fourth-order valence-corrected chi connectivity index (χ4v) is 4.70. The SMILES string of the molecule is COc1cccc(C2C=C([C@]3(C)CS(=O)(=O)N(C)C(N)=N3)C=CC2)c1. The Labute approximate surface area is 148 Å². The number of sulfonamides is 1. The lowest BCUT2D eigenvalue weighted by Gasteiger charge is -2.36. The lowest BCUT2D eigenvalue weighted by molar-refractivity contribution is 0.414. The van der Waals surface area contributed by atoms with Crippen LogP contribution in [0.5, 0.6) is 5.75 Å². The predicted molar refractivity (Wildman–Crippen MR) is 99.2 cm³/mol. The molecule has 0 bridgehead atoms. The highest BCUT2D eigenvalue weighted by atomic mass is 32.2. The molecule has 1 aliphatic carbocycles. The number of nitrogens with two attached hydrogens (primary N) is 1. The van der Waals surface area contributed by atoms with Crippen molar-refractivity contribution in [1.82, 2.24) is 4.31 Å². The van der Waals surface area contributed by atoms with E-state index in [-0.39, 0.29) is 17.6 Å². The molecule has 1 heterocycles. The number of ether oxygens (including phenoxy) is 1. The Hall–Kier alpha value is -2.28. The van der Waals surface area contributed by atoms with E-state index in [0.717, 1.165) is 27.6 Å². The van der Waals surface area contributed by atoms with Gasteiger partial charge in [0.05, 0.1) is 12.9 Å². The number of hydrogen-bond donors (Lipinski definition) is 1. The van der Waals surface area contributed by atoms with Crippen molar-refractivity contribution in [3.8, 4) is 5.75 Å². The van der Waals surface area contributed by atoms with Crippen LogP contribution in [0.25, 0.3) is 0 Å². The number of nitrogens with zero attached hydrogens (tertiary/aromatic N) is 2. The number of methoxy groups -OCH3 is 1. The topological polar surface area (TPSA) is 85.0 Å². The van der Waals surface area contributed by atoms with E-state index < -0.39 is 15.6 Å². The van der Waals surface area contributed by atoms with E-state index >= 15 is 0 Å². The molecule has 1 aromatic carbocycles. The fraction of sp³-hybridized carbons (Fsp3) is 0.389. The molecular weight excluding hydrogens is 338 g/mol. The molecule has 1 unspecified atom stereocenters. The van der Waals surface area contributed by atoms with Gasteiger partial charge in [0, 0.05) is 13.0 Å². The molecule has 0 saturated heterocycles. The lowest BCUT2D eigenvalue weighted by atomic mass is 9.83. The Morgan fingerprint density at radius 1 is 1.40 bits per heavy atom. The summed E-state index contributed by atoms with van der Waals surface area (Å²) < 4.78 is 31.1. The molecule has 2 aliphatic rings. The summed E-state index contributed by atoms with van der Waals surface area (Å²) in [7, 11) is -0.407. The Bertz CT molecular complexity index is 873. The number of hydrogen-bond acceptors (Lipinski definition) is 5. The van der Waals surface area contributed by atoms with Gasteiger partial charge in [-0.25, -0.2) is 17.7 Å². The number of rotatable bonds is 3. The molecule has 134 valence electrons. The van der Waals surface area contributed by atoms with Gasteiger partial charge in [0.1, 0.15) is 11.3 Å². The van der Waals surface area contributed by atoms with Crippen molar-refractivity contribution in [3.63, 3.8) is 0 Å². The van der Waals surface area contributed by atoms with Crippen LogP contribution in [0.15, 0.2) is 53.1 Å². The molecule has 0 amide bonds. The predicted octanol–water partition coefficient (Wildman–Crippen LogP) is 2.01. The van der Waals surface area contributed by atoms with Gasteiger partial charge in [-0.2, -0.15) is 0 Å². The van der Waals surface area contributed by atoms with Gasteiger partial charge in [0.25, 0.3) is 0 Å². The quantitative estimate of drug-likeness (QED) is 0.892. The number of benzene rings is 1. The molecular formula is C18H23N3O3S. The maximum absolute atomic E-state index is 12.4. The Kier molecular flexibility index (Phi) is 4.36. The van der Waals surface area contributed by atoms with Crippen molar-refractivity contribution in [1.29, 1.82) is 0 Å². The minimum atomic E-state index is -3.48. The van der Waals surface area contributed by atoms with Crippen LogP contribution in [0.4, 0.5) is 0 Å². The Balaban J connectivity index is 1.99. The summed E-state index contributed by atoms with van der Waals surface area (Å²) in [6.07, 6.45) is 6.95. The minimum absolute atomic E-state index is 0.0200. The summed E-state index contributed by atoms with van der Waals surface area (Å²) in [6.45, 7) is 1.81. The molecule has 1 aromatic rings. The molecule has 3 rings (SSSR count). The first-order valence-corrected chi connectivity index (χ1v) is 9.71. The van der Waals surface area contributed by atoms with Crippen LogP contribution in [0, 0.1) is 0 Å². The summed E-state index contributed by atoms with van der Waals surface area (Å²) in [5, 5.41) is 0. The zero-order valence-electron chi connectivity index (χ0n) is 14.6. The molecule has 2 atom stereocenters. The molecule has 0 spiro atoms. The molecule has 0 radical (unpaired) electrons. The number of aliphatic imine (C=N–C) groups is 1. The molecule has 6 nitrogen and oxygen atoms in total.